The summed E-state index contributed by atoms with van der Waals surface area (Å²) in [6, 6.07) is 4.32. The van der Waals surface area contributed by atoms with Gasteiger partial charge in [-0.2, -0.15) is 0 Å². The first kappa shape index (κ1) is 18.7. The highest BCUT2D eigenvalue weighted by atomic mass is 16.6. The van der Waals surface area contributed by atoms with Gasteiger partial charge in [-0.05, 0) is 18.9 Å². The van der Waals surface area contributed by atoms with E-state index in [2.05, 4.69) is 16.0 Å². The first-order chi connectivity index (χ1) is 10.8. The van der Waals surface area contributed by atoms with Crippen molar-refractivity contribution in [2.75, 3.05) is 30.3 Å². The fourth-order valence-electron chi connectivity index (χ4n) is 1.78. The molecule has 0 aliphatic carbocycles. The predicted molar refractivity (Wildman–Crippen MR) is 89.6 cm³/mol. The van der Waals surface area contributed by atoms with Crippen molar-refractivity contribution in [3.05, 3.63) is 28.3 Å². The molecule has 1 unspecified atom stereocenters. The summed E-state index contributed by atoms with van der Waals surface area (Å²) in [7, 11) is 0. The van der Waals surface area contributed by atoms with Crippen molar-refractivity contribution in [1.82, 2.24) is 5.32 Å². The maximum absolute atomic E-state index is 11.9. The molecule has 8 heteroatoms. The maximum Gasteiger partial charge on any atom is 0.271 e. The zero-order chi connectivity index (χ0) is 17.4. The second-order valence-corrected chi connectivity index (χ2v) is 5.59. The van der Waals surface area contributed by atoms with Crippen LogP contribution in [0.1, 0.15) is 20.8 Å². The van der Waals surface area contributed by atoms with Crippen molar-refractivity contribution in [3.8, 4) is 0 Å². The second kappa shape index (κ2) is 8.94. The Balaban J connectivity index is 2.77. The Labute approximate surface area is 135 Å². The predicted octanol–water partition coefficient (Wildman–Crippen LogP) is 1.57. The van der Waals surface area contributed by atoms with E-state index in [1.165, 1.54) is 12.1 Å². The number of nitro groups is 1. The number of amides is 1. The first-order valence-corrected chi connectivity index (χ1v) is 7.51. The number of nitrogens with one attached hydrogen (secondary N) is 3. The summed E-state index contributed by atoms with van der Waals surface area (Å²) in [6.07, 6.45) is 0. The number of hydrogen-bond acceptors (Lipinski definition) is 6. The van der Waals surface area contributed by atoms with Gasteiger partial charge in [0.25, 0.3) is 5.69 Å². The van der Waals surface area contributed by atoms with Crippen molar-refractivity contribution in [2.45, 2.75) is 26.8 Å². The highest BCUT2D eigenvalue weighted by Gasteiger charge is 2.13. The smallest absolute Gasteiger partial charge is 0.271 e. The third-order valence-electron chi connectivity index (χ3n) is 3.47. The number of non-ortho nitro benzene ring substituents is 1. The number of benzene rings is 1. The van der Waals surface area contributed by atoms with Gasteiger partial charge in [-0.15, -0.1) is 0 Å². The summed E-state index contributed by atoms with van der Waals surface area (Å²) in [5.41, 5.74) is 0.965. The average Bonchev–Trinajstić information content (AvgIpc) is 2.50. The zero-order valence-electron chi connectivity index (χ0n) is 13.6. The van der Waals surface area contributed by atoms with Crippen molar-refractivity contribution in [2.24, 2.45) is 5.92 Å². The molecule has 8 nitrogen and oxygen atoms in total. The molecule has 0 heterocycles. The number of anilines is 2. The number of hydrogen-bond donors (Lipinski definition) is 4. The van der Waals surface area contributed by atoms with Crippen molar-refractivity contribution in [1.29, 1.82) is 0 Å². The second-order valence-electron chi connectivity index (χ2n) is 5.59. The van der Waals surface area contributed by atoms with E-state index < -0.39 is 4.92 Å². The highest BCUT2D eigenvalue weighted by molar-refractivity contribution is 5.83. The number of carbonyl (C=O) groups excluding carboxylic acids is 1. The first-order valence-electron chi connectivity index (χ1n) is 7.51. The van der Waals surface area contributed by atoms with Gasteiger partial charge in [-0.1, -0.05) is 13.8 Å². The zero-order valence-corrected chi connectivity index (χ0v) is 13.6. The fraction of sp³-hybridized carbons (Fsp3) is 0.533. The van der Waals surface area contributed by atoms with Crippen LogP contribution >= 0.6 is 0 Å². The minimum atomic E-state index is -0.498. The van der Waals surface area contributed by atoms with Crippen LogP contribution in [0.15, 0.2) is 18.2 Å². The van der Waals surface area contributed by atoms with E-state index in [0.717, 1.165) is 0 Å². The molecule has 0 saturated heterocycles. The summed E-state index contributed by atoms with van der Waals surface area (Å²) in [5, 5.41) is 28.5. The number of rotatable bonds is 9. The molecule has 0 aliphatic rings. The Bertz CT molecular complexity index is 548. The molecule has 1 amide bonds. The Hall–Kier alpha value is -2.35. The Morgan fingerprint density at radius 1 is 1.26 bits per heavy atom. The molecule has 0 aromatic heterocycles. The Morgan fingerprint density at radius 3 is 2.52 bits per heavy atom. The number of aliphatic hydroxyl groups excluding tert-OH is 1. The average molecular weight is 324 g/mol. The van der Waals surface area contributed by atoms with E-state index in [1.54, 1.807) is 6.07 Å². The quantitative estimate of drug-likeness (QED) is 0.405. The van der Waals surface area contributed by atoms with Crippen LogP contribution in [-0.4, -0.2) is 41.7 Å². The molecule has 1 rings (SSSR count). The molecule has 1 atom stereocenters. The lowest BCUT2D eigenvalue weighted by atomic mass is 10.1. The monoisotopic (exact) mass is 324 g/mol. The van der Waals surface area contributed by atoms with Gasteiger partial charge in [0.15, 0.2) is 0 Å². The highest BCUT2D eigenvalue weighted by Crippen LogP contribution is 2.26. The molecule has 0 radical (unpaired) electrons. The summed E-state index contributed by atoms with van der Waals surface area (Å²) < 4.78 is 0. The van der Waals surface area contributed by atoms with Crippen LogP contribution in [-0.2, 0) is 4.79 Å². The van der Waals surface area contributed by atoms with Crippen LogP contribution in [0, 0.1) is 16.0 Å². The summed E-state index contributed by atoms with van der Waals surface area (Å²) in [4.78, 5) is 22.3. The van der Waals surface area contributed by atoms with Crippen LogP contribution in [0.4, 0.5) is 17.1 Å². The number of aliphatic hydroxyl groups is 1. The molecule has 4 N–H and O–H groups in total. The van der Waals surface area contributed by atoms with E-state index in [4.69, 9.17) is 5.11 Å². The van der Waals surface area contributed by atoms with Gasteiger partial charge in [0.2, 0.25) is 5.91 Å². The lowest BCUT2D eigenvalue weighted by Crippen LogP contribution is -2.39. The Kier molecular flexibility index (Phi) is 7.27. The third-order valence-corrected chi connectivity index (χ3v) is 3.47. The molecule has 1 aromatic carbocycles. The third kappa shape index (κ3) is 6.11. The van der Waals surface area contributed by atoms with Gasteiger partial charge in [-0.3, -0.25) is 14.9 Å². The van der Waals surface area contributed by atoms with Crippen LogP contribution in [0.5, 0.6) is 0 Å². The van der Waals surface area contributed by atoms with E-state index in [-0.39, 0.29) is 30.8 Å². The fourth-order valence-corrected chi connectivity index (χ4v) is 1.78. The van der Waals surface area contributed by atoms with Gasteiger partial charge in [0.1, 0.15) is 0 Å². The molecule has 23 heavy (non-hydrogen) atoms. The Morgan fingerprint density at radius 2 is 1.96 bits per heavy atom. The van der Waals surface area contributed by atoms with Crippen LogP contribution in [0.3, 0.4) is 0 Å². The topological polar surface area (TPSA) is 117 Å². The molecule has 1 aromatic rings. The summed E-state index contributed by atoms with van der Waals surface area (Å²) in [5.74, 6) is 0.129. The standard InChI is InChI=1S/C15H24N4O4/c1-10(2)11(3)18-15(21)9-17-14-8-12(19(22)23)4-5-13(14)16-6-7-20/h4-5,8,10-11,16-17,20H,6-7,9H2,1-3H3,(H,18,21). The summed E-state index contributed by atoms with van der Waals surface area (Å²) in [6.45, 7) is 6.19. The van der Waals surface area contributed by atoms with Crippen molar-refractivity contribution < 1.29 is 14.8 Å². The number of carbonyl (C=O) groups is 1. The molecule has 128 valence electrons. The molecule has 0 spiro atoms. The molecular formula is C15H24N4O4. The van der Waals surface area contributed by atoms with Gasteiger partial charge < -0.3 is 21.1 Å². The van der Waals surface area contributed by atoms with E-state index in [0.29, 0.717) is 23.8 Å². The van der Waals surface area contributed by atoms with E-state index in [1.807, 2.05) is 20.8 Å². The molecule has 0 aliphatic heterocycles. The van der Waals surface area contributed by atoms with Crippen LogP contribution in [0.25, 0.3) is 0 Å². The molecule has 0 bridgehead atoms. The van der Waals surface area contributed by atoms with Gasteiger partial charge >= 0.3 is 0 Å². The SMILES string of the molecule is CC(C)C(C)NC(=O)CNc1cc([N+](=O)[O-])ccc1NCCO. The van der Waals surface area contributed by atoms with Crippen molar-refractivity contribution >= 4 is 23.0 Å². The number of nitro benzene ring substituents is 1. The largest absolute Gasteiger partial charge is 0.395 e. The normalized spacial score (nSPS) is 11.9. The minimum absolute atomic E-state index is 0.00598. The minimum Gasteiger partial charge on any atom is -0.395 e. The summed E-state index contributed by atoms with van der Waals surface area (Å²) >= 11 is 0. The van der Waals surface area contributed by atoms with E-state index >= 15 is 0 Å². The number of nitrogens with zero attached hydrogens (tertiary/aromatic N) is 1. The van der Waals surface area contributed by atoms with Gasteiger partial charge in [0.05, 0.1) is 29.4 Å². The van der Waals surface area contributed by atoms with Crippen LogP contribution in [0.2, 0.25) is 0 Å². The van der Waals surface area contributed by atoms with Gasteiger partial charge in [-0.25, -0.2) is 0 Å². The molecular weight excluding hydrogens is 300 g/mol. The lowest BCUT2D eigenvalue weighted by molar-refractivity contribution is -0.384. The lowest BCUT2D eigenvalue weighted by Gasteiger charge is -2.18. The maximum atomic E-state index is 11.9. The molecule has 0 saturated carbocycles. The van der Waals surface area contributed by atoms with Gasteiger partial charge in [0, 0.05) is 24.7 Å². The van der Waals surface area contributed by atoms with E-state index in [9.17, 15) is 14.9 Å². The van der Waals surface area contributed by atoms with Crippen LogP contribution < -0.4 is 16.0 Å². The van der Waals surface area contributed by atoms with Crippen molar-refractivity contribution in [3.63, 3.8) is 0 Å². The molecule has 0 fully saturated rings.